The predicted molar refractivity (Wildman–Crippen MR) is 74.2 cm³/mol. The molecule has 0 saturated heterocycles. The van der Waals surface area contributed by atoms with Gasteiger partial charge in [-0.05, 0) is 18.1 Å². The lowest BCUT2D eigenvalue weighted by atomic mass is 10.1. The molecule has 0 aromatic heterocycles. The van der Waals surface area contributed by atoms with E-state index in [1.165, 1.54) is 16.7 Å². The first-order valence-corrected chi connectivity index (χ1v) is 6.86. The van der Waals surface area contributed by atoms with Crippen molar-refractivity contribution in [3.8, 4) is 0 Å². The van der Waals surface area contributed by atoms with E-state index in [1.54, 1.807) is 6.08 Å². The van der Waals surface area contributed by atoms with Crippen LogP contribution in [-0.2, 0) is 16.0 Å². The number of hydrogen-bond donors (Lipinski definition) is 1. The smallest absolute Gasteiger partial charge is 0.323 e. The predicted octanol–water partition coefficient (Wildman–Crippen LogP) is 1.80. The van der Waals surface area contributed by atoms with Crippen molar-refractivity contribution >= 4 is 23.6 Å². The van der Waals surface area contributed by atoms with Crippen LogP contribution in [-0.4, -0.2) is 40.2 Å². The minimum Gasteiger partial charge on any atom is -0.480 e. The summed E-state index contributed by atoms with van der Waals surface area (Å²) < 4.78 is 0. The zero-order chi connectivity index (χ0) is 13.8. The minimum absolute atomic E-state index is 0.136. The molecule has 0 fully saturated rings. The summed E-state index contributed by atoms with van der Waals surface area (Å²) >= 11 is 1.51. The van der Waals surface area contributed by atoms with Crippen LogP contribution in [0.1, 0.15) is 5.56 Å². The molecule has 1 aliphatic heterocycles. The fraction of sp³-hybridized carbons (Fsp3) is 0.286. The Labute approximate surface area is 116 Å². The molecule has 1 aromatic rings. The molecule has 1 aliphatic rings. The maximum Gasteiger partial charge on any atom is 0.323 e. The van der Waals surface area contributed by atoms with Gasteiger partial charge in [0.1, 0.15) is 6.54 Å². The van der Waals surface area contributed by atoms with Crippen LogP contribution >= 0.6 is 11.8 Å². The largest absolute Gasteiger partial charge is 0.480 e. The molecule has 0 spiro atoms. The van der Waals surface area contributed by atoms with E-state index in [0.29, 0.717) is 6.42 Å². The van der Waals surface area contributed by atoms with E-state index in [0.717, 1.165) is 10.5 Å². The van der Waals surface area contributed by atoms with Gasteiger partial charge >= 0.3 is 5.97 Å². The second kappa shape index (κ2) is 5.93. The molecule has 5 heteroatoms. The topological polar surface area (TPSA) is 57.6 Å². The Morgan fingerprint density at radius 3 is 2.84 bits per heavy atom. The van der Waals surface area contributed by atoms with Gasteiger partial charge in [0.25, 0.3) is 0 Å². The van der Waals surface area contributed by atoms with Crippen molar-refractivity contribution < 1.29 is 14.7 Å². The van der Waals surface area contributed by atoms with Crippen molar-refractivity contribution in [3.63, 3.8) is 0 Å². The number of aliphatic carboxylic acids is 1. The Morgan fingerprint density at radius 1 is 1.47 bits per heavy atom. The van der Waals surface area contributed by atoms with Gasteiger partial charge in [0.15, 0.2) is 0 Å². The van der Waals surface area contributed by atoms with E-state index in [-0.39, 0.29) is 24.2 Å². The number of rotatable bonds is 5. The molecular formula is C14H15NO3S. The lowest BCUT2D eigenvalue weighted by Gasteiger charge is -2.21. The molecule has 1 N–H and O–H groups in total. The van der Waals surface area contributed by atoms with Crippen molar-refractivity contribution in [2.75, 3.05) is 13.1 Å². The number of hydrogen-bond acceptors (Lipinski definition) is 3. The number of benzene rings is 1. The van der Waals surface area contributed by atoms with Crippen LogP contribution in [0.4, 0.5) is 0 Å². The molecule has 19 heavy (non-hydrogen) atoms. The lowest BCUT2D eigenvalue weighted by molar-refractivity contribution is -0.143. The molecule has 2 rings (SSSR count). The van der Waals surface area contributed by atoms with Crippen molar-refractivity contribution in [2.24, 2.45) is 0 Å². The van der Waals surface area contributed by atoms with Gasteiger partial charge in [-0.15, -0.1) is 18.3 Å². The van der Waals surface area contributed by atoms with E-state index in [9.17, 15) is 9.59 Å². The van der Waals surface area contributed by atoms with Crippen LogP contribution in [0.2, 0.25) is 0 Å². The van der Waals surface area contributed by atoms with E-state index in [4.69, 9.17) is 5.11 Å². The quantitative estimate of drug-likeness (QED) is 0.834. The van der Waals surface area contributed by atoms with Crippen molar-refractivity contribution in [1.82, 2.24) is 4.90 Å². The van der Waals surface area contributed by atoms with E-state index < -0.39 is 5.97 Å². The monoisotopic (exact) mass is 277 g/mol. The third-order valence-corrected chi connectivity index (χ3v) is 4.21. The highest BCUT2D eigenvalue weighted by Crippen LogP contribution is 2.37. The zero-order valence-electron chi connectivity index (χ0n) is 10.4. The molecule has 0 bridgehead atoms. The van der Waals surface area contributed by atoms with Crippen molar-refractivity contribution in [2.45, 2.75) is 16.6 Å². The van der Waals surface area contributed by atoms with E-state index in [1.807, 2.05) is 24.3 Å². The molecule has 0 aliphatic carbocycles. The average Bonchev–Trinajstić information content (AvgIpc) is 2.80. The molecule has 1 aromatic carbocycles. The Balaban J connectivity index is 2.08. The first-order chi connectivity index (χ1) is 9.11. The fourth-order valence-electron chi connectivity index (χ4n) is 2.08. The second-order valence-electron chi connectivity index (χ2n) is 4.32. The fourth-order valence-corrected chi connectivity index (χ4v) is 3.35. The number of fused-ring (bicyclic) bond motifs is 1. The van der Waals surface area contributed by atoms with Gasteiger partial charge in [0.2, 0.25) is 5.91 Å². The third kappa shape index (κ3) is 3.17. The molecule has 1 unspecified atom stereocenters. The van der Waals surface area contributed by atoms with E-state index >= 15 is 0 Å². The Kier molecular flexibility index (Phi) is 4.27. The summed E-state index contributed by atoms with van der Waals surface area (Å²) in [6, 6.07) is 7.88. The van der Waals surface area contributed by atoms with Crippen LogP contribution in [0.15, 0.2) is 41.8 Å². The highest BCUT2D eigenvalue weighted by Gasteiger charge is 2.31. The number of nitrogens with zero attached hydrogens (tertiary/aromatic N) is 1. The van der Waals surface area contributed by atoms with Gasteiger partial charge in [-0.2, -0.15) is 0 Å². The first-order valence-electron chi connectivity index (χ1n) is 5.98. The van der Waals surface area contributed by atoms with Gasteiger partial charge < -0.3 is 10.0 Å². The lowest BCUT2D eigenvalue weighted by Crippen LogP contribution is -2.41. The van der Waals surface area contributed by atoms with Gasteiger partial charge in [0.05, 0.1) is 5.25 Å². The summed E-state index contributed by atoms with van der Waals surface area (Å²) in [5, 5.41) is 8.62. The van der Waals surface area contributed by atoms with Gasteiger partial charge in [-0.25, -0.2) is 0 Å². The molecule has 4 nitrogen and oxygen atoms in total. The minimum atomic E-state index is -1.00. The summed E-state index contributed by atoms with van der Waals surface area (Å²) in [6.45, 7) is 3.55. The first kappa shape index (κ1) is 13.7. The zero-order valence-corrected chi connectivity index (χ0v) is 11.2. The summed E-state index contributed by atoms with van der Waals surface area (Å²) in [5.41, 5.74) is 1.15. The van der Waals surface area contributed by atoms with E-state index in [2.05, 4.69) is 6.58 Å². The number of thioether (sulfide) groups is 1. The molecule has 1 heterocycles. The standard InChI is InChI=1S/C14H15NO3S/c1-2-7-15(9-13(16)17)14(18)12-8-10-5-3-4-6-11(10)19-12/h2-6,12H,1,7-9H2,(H,16,17). The molecular weight excluding hydrogens is 262 g/mol. The second-order valence-corrected chi connectivity index (χ2v) is 5.56. The summed E-state index contributed by atoms with van der Waals surface area (Å²) in [7, 11) is 0. The highest BCUT2D eigenvalue weighted by molar-refractivity contribution is 8.01. The highest BCUT2D eigenvalue weighted by atomic mass is 32.2. The molecule has 0 saturated carbocycles. The Morgan fingerprint density at radius 2 is 2.21 bits per heavy atom. The average molecular weight is 277 g/mol. The Hall–Kier alpha value is -1.75. The molecule has 1 atom stereocenters. The summed E-state index contributed by atoms with van der Waals surface area (Å²) in [5.74, 6) is -1.14. The maximum absolute atomic E-state index is 12.3. The third-order valence-electron chi connectivity index (χ3n) is 2.91. The van der Waals surface area contributed by atoms with Gasteiger partial charge in [0, 0.05) is 11.4 Å². The molecule has 1 amide bonds. The molecule has 0 radical (unpaired) electrons. The number of amides is 1. The maximum atomic E-state index is 12.3. The van der Waals surface area contributed by atoms with Crippen LogP contribution in [0, 0.1) is 0 Å². The summed E-state index contributed by atoms with van der Waals surface area (Å²) in [6.07, 6.45) is 2.21. The number of carbonyl (C=O) groups excluding carboxylic acids is 1. The van der Waals surface area contributed by atoms with Crippen LogP contribution in [0.5, 0.6) is 0 Å². The molecule has 100 valence electrons. The normalized spacial score (nSPS) is 16.7. The van der Waals surface area contributed by atoms with Crippen molar-refractivity contribution in [3.05, 3.63) is 42.5 Å². The number of carboxylic acids is 1. The number of carboxylic acid groups (broad SMARTS) is 1. The van der Waals surface area contributed by atoms with Gasteiger partial charge in [-0.1, -0.05) is 24.3 Å². The van der Waals surface area contributed by atoms with Crippen LogP contribution < -0.4 is 0 Å². The van der Waals surface area contributed by atoms with Gasteiger partial charge in [-0.3, -0.25) is 9.59 Å². The number of carbonyl (C=O) groups is 2. The SMILES string of the molecule is C=CCN(CC(=O)O)C(=O)C1Cc2ccccc2S1. The summed E-state index contributed by atoms with van der Waals surface area (Å²) in [4.78, 5) is 25.6. The van der Waals surface area contributed by atoms with Crippen molar-refractivity contribution in [1.29, 1.82) is 0 Å². The van der Waals surface area contributed by atoms with Crippen LogP contribution in [0.25, 0.3) is 0 Å². The Bertz CT molecular complexity index is 490. The van der Waals surface area contributed by atoms with Crippen LogP contribution in [0.3, 0.4) is 0 Å².